The van der Waals surface area contributed by atoms with Gasteiger partial charge < -0.3 is 15.3 Å². The van der Waals surface area contributed by atoms with Crippen molar-refractivity contribution in [3.05, 3.63) is 0 Å². The fourth-order valence-electron chi connectivity index (χ4n) is 1.63. The molecule has 1 rings (SSSR count). The summed E-state index contributed by atoms with van der Waals surface area (Å²) in [5, 5.41) is 10.9. The zero-order valence-electron chi connectivity index (χ0n) is 9.71. The second-order valence-corrected chi connectivity index (χ2v) is 6.39. The summed E-state index contributed by atoms with van der Waals surface area (Å²) in [5.74, 6) is -1.29. The van der Waals surface area contributed by atoms with Gasteiger partial charge in [-0.25, -0.2) is 13.2 Å². The fourth-order valence-corrected chi connectivity index (χ4v) is 3.19. The normalized spacial score (nSPS) is 25.1. The highest BCUT2D eigenvalue weighted by Crippen LogP contribution is 2.11. The van der Waals surface area contributed by atoms with E-state index in [-0.39, 0.29) is 18.1 Å². The minimum Gasteiger partial charge on any atom is -0.480 e. The summed E-state index contributed by atoms with van der Waals surface area (Å²) in [5.41, 5.74) is 0. The van der Waals surface area contributed by atoms with Crippen LogP contribution >= 0.6 is 0 Å². The Morgan fingerprint density at radius 3 is 2.53 bits per heavy atom. The van der Waals surface area contributed by atoms with E-state index in [9.17, 15) is 18.0 Å². The third-order valence-corrected chi connectivity index (χ3v) is 4.44. The Balaban J connectivity index is 2.63. The minimum absolute atomic E-state index is 0.0772. The molecule has 0 aromatic carbocycles. The molecule has 1 unspecified atom stereocenters. The van der Waals surface area contributed by atoms with Crippen LogP contribution in [0.2, 0.25) is 0 Å². The Labute approximate surface area is 99.7 Å². The van der Waals surface area contributed by atoms with Crippen LogP contribution in [0.1, 0.15) is 13.8 Å². The molecule has 7 nitrogen and oxygen atoms in total. The van der Waals surface area contributed by atoms with Gasteiger partial charge in [0.1, 0.15) is 6.04 Å². The molecule has 98 valence electrons. The molecule has 1 aliphatic rings. The molecule has 2 N–H and O–H groups in total. The average Bonchev–Trinajstić information content (AvgIpc) is 2.15. The monoisotopic (exact) mass is 264 g/mol. The maximum atomic E-state index is 11.7. The molecule has 0 aliphatic carbocycles. The maximum Gasteiger partial charge on any atom is 0.325 e. The Bertz CT molecular complexity index is 419. The fraction of sp³-hybridized carbons (Fsp3) is 0.778. The summed E-state index contributed by atoms with van der Waals surface area (Å²) < 4.78 is 22.6. The number of amides is 2. The predicted octanol–water partition coefficient (Wildman–Crippen LogP) is -0.712. The number of nitrogens with one attached hydrogen (secondary N) is 1. The first-order valence-corrected chi connectivity index (χ1v) is 7.05. The molecule has 1 fully saturated rings. The van der Waals surface area contributed by atoms with E-state index in [0.29, 0.717) is 0 Å². The van der Waals surface area contributed by atoms with Crippen LogP contribution in [0.4, 0.5) is 4.79 Å². The van der Waals surface area contributed by atoms with Crippen molar-refractivity contribution >= 4 is 21.8 Å². The number of carboxylic acid groups (broad SMARTS) is 1. The van der Waals surface area contributed by atoms with Gasteiger partial charge in [0.15, 0.2) is 9.84 Å². The van der Waals surface area contributed by atoms with E-state index in [4.69, 9.17) is 5.11 Å². The predicted molar refractivity (Wildman–Crippen MR) is 60.5 cm³/mol. The first-order chi connectivity index (χ1) is 7.73. The smallest absolute Gasteiger partial charge is 0.325 e. The van der Waals surface area contributed by atoms with Gasteiger partial charge >= 0.3 is 12.0 Å². The van der Waals surface area contributed by atoms with Gasteiger partial charge in [0, 0.05) is 12.6 Å². The van der Waals surface area contributed by atoms with Crippen LogP contribution in [0.5, 0.6) is 0 Å². The summed E-state index contributed by atoms with van der Waals surface area (Å²) in [7, 11) is -3.08. The maximum absolute atomic E-state index is 11.7. The molecular formula is C9H16N2O5S. The molecule has 0 radical (unpaired) electrons. The molecule has 0 aromatic rings. The number of carbonyl (C=O) groups excluding carboxylic acids is 1. The lowest BCUT2D eigenvalue weighted by molar-refractivity contribution is -0.138. The molecule has 17 heavy (non-hydrogen) atoms. The van der Waals surface area contributed by atoms with Gasteiger partial charge in [-0.2, -0.15) is 0 Å². The third kappa shape index (κ3) is 3.58. The van der Waals surface area contributed by atoms with E-state index in [2.05, 4.69) is 5.32 Å². The molecule has 0 spiro atoms. The molecule has 0 bridgehead atoms. The quantitative estimate of drug-likeness (QED) is 0.685. The number of nitrogens with zero attached hydrogens (tertiary/aromatic N) is 1. The van der Waals surface area contributed by atoms with Gasteiger partial charge in [0.25, 0.3) is 0 Å². The van der Waals surface area contributed by atoms with Crippen molar-refractivity contribution in [2.75, 3.05) is 18.1 Å². The Hall–Kier alpha value is -1.31. The SMILES string of the molecule is CC1CS(=O)(=O)CCN1C(=O)N[C@@H](C)C(=O)O. The van der Waals surface area contributed by atoms with Crippen molar-refractivity contribution in [1.29, 1.82) is 0 Å². The number of urea groups is 1. The van der Waals surface area contributed by atoms with Crippen LogP contribution < -0.4 is 5.32 Å². The van der Waals surface area contributed by atoms with Crippen molar-refractivity contribution < 1.29 is 23.1 Å². The van der Waals surface area contributed by atoms with E-state index in [0.717, 1.165) is 0 Å². The molecular weight excluding hydrogens is 248 g/mol. The average molecular weight is 264 g/mol. The van der Waals surface area contributed by atoms with E-state index >= 15 is 0 Å². The molecule has 2 atom stereocenters. The summed E-state index contributed by atoms with van der Waals surface area (Å²) in [6.07, 6.45) is 0. The topological polar surface area (TPSA) is 104 Å². The highest BCUT2D eigenvalue weighted by atomic mass is 32.2. The second-order valence-electron chi connectivity index (χ2n) is 4.17. The van der Waals surface area contributed by atoms with E-state index in [1.54, 1.807) is 6.92 Å². The van der Waals surface area contributed by atoms with Crippen molar-refractivity contribution in [3.63, 3.8) is 0 Å². The zero-order chi connectivity index (χ0) is 13.2. The summed E-state index contributed by atoms with van der Waals surface area (Å²) in [6, 6.07) is -1.97. The number of hydrogen-bond acceptors (Lipinski definition) is 4. The summed E-state index contributed by atoms with van der Waals surface area (Å²) in [6.45, 7) is 3.08. The lowest BCUT2D eigenvalue weighted by Crippen LogP contribution is -2.55. The van der Waals surface area contributed by atoms with Crippen molar-refractivity contribution in [2.24, 2.45) is 0 Å². The van der Waals surface area contributed by atoms with Gasteiger partial charge in [-0.1, -0.05) is 0 Å². The highest BCUT2D eigenvalue weighted by Gasteiger charge is 2.32. The van der Waals surface area contributed by atoms with E-state index < -0.39 is 33.9 Å². The van der Waals surface area contributed by atoms with Gasteiger partial charge in [-0.15, -0.1) is 0 Å². The standard InChI is InChI=1S/C9H16N2O5S/c1-6-5-17(15,16)4-3-11(6)9(14)10-7(2)8(12)13/h6-7H,3-5H2,1-2H3,(H,10,14)(H,12,13)/t6?,7-/m0/s1. The van der Waals surface area contributed by atoms with Gasteiger partial charge in [0.05, 0.1) is 11.5 Å². The molecule has 1 aliphatic heterocycles. The van der Waals surface area contributed by atoms with Gasteiger partial charge in [-0.3, -0.25) is 4.79 Å². The number of aliphatic carboxylic acids is 1. The Morgan fingerprint density at radius 1 is 1.47 bits per heavy atom. The summed E-state index contributed by atoms with van der Waals surface area (Å²) >= 11 is 0. The van der Waals surface area contributed by atoms with Crippen molar-refractivity contribution in [3.8, 4) is 0 Å². The molecule has 2 amide bonds. The van der Waals surface area contributed by atoms with Gasteiger partial charge in [-0.05, 0) is 13.8 Å². The highest BCUT2D eigenvalue weighted by molar-refractivity contribution is 7.91. The lowest BCUT2D eigenvalue weighted by atomic mass is 10.3. The Morgan fingerprint density at radius 2 is 2.06 bits per heavy atom. The van der Waals surface area contributed by atoms with Crippen LogP contribution in [0.15, 0.2) is 0 Å². The zero-order valence-corrected chi connectivity index (χ0v) is 10.5. The summed E-state index contributed by atoms with van der Waals surface area (Å²) in [4.78, 5) is 23.6. The molecule has 8 heteroatoms. The van der Waals surface area contributed by atoms with E-state index in [1.165, 1.54) is 11.8 Å². The number of sulfone groups is 1. The van der Waals surface area contributed by atoms with Crippen molar-refractivity contribution in [2.45, 2.75) is 25.9 Å². The second kappa shape index (κ2) is 4.91. The van der Waals surface area contributed by atoms with Gasteiger partial charge in [0.2, 0.25) is 0 Å². The number of hydrogen-bond donors (Lipinski definition) is 2. The first-order valence-electron chi connectivity index (χ1n) is 5.23. The van der Waals surface area contributed by atoms with Crippen LogP contribution in [0, 0.1) is 0 Å². The van der Waals surface area contributed by atoms with Crippen molar-refractivity contribution in [1.82, 2.24) is 10.2 Å². The largest absolute Gasteiger partial charge is 0.480 e. The third-order valence-electron chi connectivity index (χ3n) is 2.64. The van der Waals surface area contributed by atoms with Crippen LogP contribution in [0.25, 0.3) is 0 Å². The lowest BCUT2D eigenvalue weighted by Gasteiger charge is -2.33. The molecule has 1 saturated heterocycles. The molecule has 0 aromatic heterocycles. The molecule has 0 saturated carbocycles. The molecule has 1 heterocycles. The number of carboxylic acids is 1. The number of carbonyl (C=O) groups is 2. The van der Waals surface area contributed by atoms with Crippen LogP contribution in [-0.2, 0) is 14.6 Å². The first kappa shape index (κ1) is 13.8. The van der Waals surface area contributed by atoms with E-state index in [1.807, 2.05) is 0 Å². The number of rotatable bonds is 2. The van der Waals surface area contributed by atoms with Crippen LogP contribution in [-0.4, -0.2) is 60.6 Å². The Kier molecular flexibility index (Phi) is 3.97. The van der Waals surface area contributed by atoms with Crippen LogP contribution in [0.3, 0.4) is 0 Å². The minimum atomic E-state index is -3.08.